The number of aliphatic hydroxyl groups excluding tert-OH is 10. The third-order valence-electron chi connectivity index (χ3n) is 19.5. The molecule has 4 saturated carbocycles. The van der Waals surface area contributed by atoms with E-state index in [1.807, 2.05) is 6.92 Å². The first-order chi connectivity index (χ1) is 30.7. The first kappa shape index (κ1) is 50.9. The zero-order valence-electron chi connectivity index (χ0n) is 39.7. The van der Waals surface area contributed by atoms with Crippen molar-refractivity contribution in [1.29, 1.82) is 0 Å². The molecule has 3 heterocycles. The van der Waals surface area contributed by atoms with Gasteiger partial charge < -0.3 is 84.6 Å². The molecule has 0 bridgehead atoms. The van der Waals surface area contributed by atoms with Gasteiger partial charge in [0.05, 0.1) is 31.5 Å². The summed E-state index contributed by atoms with van der Waals surface area (Å²) in [5.74, 6) is -1.16. The molecule has 25 atom stereocenters. The van der Waals surface area contributed by atoms with Crippen LogP contribution in [0.2, 0.25) is 0 Å². The minimum Gasteiger partial charge on any atom is -0.479 e. The van der Waals surface area contributed by atoms with E-state index < -0.39 is 116 Å². The molecule has 18 heteroatoms. The van der Waals surface area contributed by atoms with E-state index in [0.29, 0.717) is 12.8 Å². The average Bonchev–Trinajstić information content (AvgIpc) is 3.25. The van der Waals surface area contributed by atoms with Gasteiger partial charge in [0.25, 0.3) is 0 Å². The molecule has 8 aliphatic rings. The Labute approximate surface area is 387 Å². The minimum atomic E-state index is -2.07. The van der Waals surface area contributed by atoms with Crippen LogP contribution >= 0.6 is 0 Å². The predicted octanol–water partition coefficient (Wildman–Crippen LogP) is 0.705. The van der Waals surface area contributed by atoms with Gasteiger partial charge in [0.15, 0.2) is 25.0 Å². The van der Waals surface area contributed by atoms with Crippen LogP contribution in [0, 0.1) is 50.2 Å². The Morgan fingerprint density at radius 2 is 1.30 bits per heavy atom. The molecule has 0 spiro atoms. The highest BCUT2D eigenvalue weighted by atomic mass is 16.8. The number of hydrogen-bond acceptors (Lipinski definition) is 17. The lowest BCUT2D eigenvalue weighted by Gasteiger charge is -2.72. The van der Waals surface area contributed by atoms with Crippen molar-refractivity contribution in [1.82, 2.24) is 0 Å². The summed E-state index contributed by atoms with van der Waals surface area (Å²) >= 11 is 0. The van der Waals surface area contributed by atoms with E-state index in [9.17, 15) is 61.0 Å². The van der Waals surface area contributed by atoms with E-state index >= 15 is 0 Å². The van der Waals surface area contributed by atoms with Crippen LogP contribution in [0.5, 0.6) is 0 Å². The highest BCUT2D eigenvalue weighted by Gasteiger charge is 2.70. The molecule has 3 saturated heterocycles. The first-order valence-electron chi connectivity index (χ1n) is 24.3. The monoisotopic (exact) mass is 943 g/mol. The Morgan fingerprint density at radius 1 is 0.667 bits per heavy atom. The van der Waals surface area contributed by atoms with Gasteiger partial charge in [0, 0.05) is 10.8 Å². The summed E-state index contributed by atoms with van der Waals surface area (Å²) in [5.41, 5.74) is -0.0545. The molecule has 0 aromatic rings. The minimum absolute atomic E-state index is 0.0166. The number of rotatable bonds is 9. The van der Waals surface area contributed by atoms with Gasteiger partial charge in [-0.1, -0.05) is 60.1 Å². The zero-order chi connectivity index (χ0) is 48.4. The van der Waals surface area contributed by atoms with E-state index in [0.717, 1.165) is 44.9 Å². The van der Waals surface area contributed by atoms with Crippen LogP contribution in [0.15, 0.2) is 11.6 Å². The largest absolute Gasteiger partial charge is 0.479 e. The molecule has 7 fully saturated rings. The van der Waals surface area contributed by atoms with Crippen molar-refractivity contribution < 1.29 is 89.4 Å². The fourth-order valence-corrected chi connectivity index (χ4v) is 15.1. The lowest BCUT2D eigenvalue weighted by molar-refractivity contribution is -0.396. The summed E-state index contributed by atoms with van der Waals surface area (Å²) in [7, 11) is 0. The molecule has 5 aliphatic carbocycles. The smallest absolute Gasteiger partial charge is 0.335 e. The second-order valence-corrected chi connectivity index (χ2v) is 23.6. The van der Waals surface area contributed by atoms with Gasteiger partial charge in [-0.15, -0.1) is 0 Å². The quantitative estimate of drug-likeness (QED) is 0.112. The van der Waals surface area contributed by atoms with Crippen LogP contribution in [-0.4, -0.2) is 180 Å². The van der Waals surface area contributed by atoms with Gasteiger partial charge in [0.2, 0.25) is 0 Å². The Balaban J connectivity index is 1.08. The molecule has 11 N–H and O–H groups in total. The highest BCUT2D eigenvalue weighted by molar-refractivity contribution is 5.73. The maximum absolute atomic E-state index is 12.5. The Bertz CT molecular complexity index is 1820. The molecule has 66 heavy (non-hydrogen) atoms. The van der Waals surface area contributed by atoms with Crippen LogP contribution in [0.25, 0.3) is 0 Å². The Hall–Kier alpha value is -1.43. The van der Waals surface area contributed by atoms with E-state index in [-0.39, 0.29) is 57.5 Å². The van der Waals surface area contributed by atoms with Gasteiger partial charge in [-0.2, -0.15) is 0 Å². The van der Waals surface area contributed by atoms with E-state index in [2.05, 4.69) is 47.6 Å². The molecule has 8 rings (SSSR count). The number of aliphatic hydroxyl groups is 10. The van der Waals surface area contributed by atoms with E-state index in [1.165, 1.54) is 12.5 Å². The van der Waals surface area contributed by atoms with Crippen molar-refractivity contribution in [2.45, 2.75) is 218 Å². The molecule has 378 valence electrons. The fourth-order valence-electron chi connectivity index (χ4n) is 15.1. The lowest BCUT2D eigenvalue weighted by Crippen LogP contribution is -2.68. The number of hydrogen-bond donors (Lipinski definition) is 11. The molecule has 9 unspecified atom stereocenters. The average molecular weight is 943 g/mol. The van der Waals surface area contributed by atoms with E-state index in [1.54, 1.807) is 0 Å². The molecule has 0 radical (unpaired) electrons. The maximum Gasteiger partial charge on any atom is 0.335 e. The van der Waals surface area contributed by atoms with Crippen molar-refractivity contribution in [3.8, 4) is 0 Å². The topological polar surface area (TPSA) is 295 Å². The fraction of sp³-hybridized carbons (Fsp3) is 0.938. The van der Waals surface area contributed by atoms with Gasteiger partial charge in [-0.3, -0.25) is 0 Å². The molecular formula is C48H78O18. The van der Waals surface area contributed by atoms with Crippen molar-refractivity contribution in [3.63, 3.8) is 0 Å². The van der Waals surface area contributed by atoms with Gasteiger partial charge in [-0.05, 0) is 104 Å². The summed E-state index contributed by atoms with van der Waals surface area (Å²) in [5, 5.41) is 120. The lowest BCUT2D eigenvalue weighted by atomic mass is 9.33. The van der Waals surface area contributed by atoms with Crippen LogP contribution in [-0.2, 0) is 33.2 Å². The van der Waals surface area contributed by atoms with Gasteiger partial charge in [0.1, 0.15) is 61.0 Å². The normalized spacial score (nSPS) is 55.9. The summed E-state index contributed by atoms with van der Waals surface area (Å²) in [4.78, 5) is 12.5. The highest BCUT2D eigenvalue weighted by Crippen LogP contribution is 2.76. The Morgan fingerprint density at radius 3 is 1.94 bits per heavy atom. The van der Waals surface area contributed by atoms with Crippen molar-refractivity contribution in [2.24, 2.45) is 50.2 Å². The number of allylic oxidation sites excluding steroid dienone is 2. The Kier molecular flexibility index (Phi) is 13.7. The molecule has 0 aromatic heterocycles. The number of fused-ring (bicyclic) bond motifs is 7. The van der Waals surface area contributed by atoms with Crippen molar-refractivity contribution >= 4 is 5.97 Å². The molecule has 18 nitrogen and oxygen atoms in total. The molecule has 3 aliphatic heterocycles. The zero-order valence-corrected chi connectivity index (χ0v) is 39.7. The predicted molar refractivity (Wildman–Crippen MR) is 231 cm³/mol. The van der Waals surface area contributed by atoms with Crippen LogP contribution in [0.4, 0.5) is 0 Å². The third kappa shape index (κ3) is 7.78. The van der Waals surface area contributed by atoms with E-state index in [4.69, 9.17) is 28.4 Å². The molecule has 0 amide bonds. The summed E-state index contributed by atoms with van der Waals surface area (Å²) < 4.78 is 36.2. The van der Waals surface area contributed by atoms with Gasteiger partial charge in [-0.25, -0.2) is 4.79 Å². The summed E-state index contributed by atoms with van der Waals surface area (Å²) in [6.07, 6.45) is -17.6. The summed E-state index contributed by atoms with van der Waals surface area (Å²) in [6.45, 7) is 16.3. The second kappa shape index (κ2) is 17.7. The number of carbonyl (C=O) groups is 1. The standard InChI is InChI=1S/C48H78O18/c1-21-29(52)31(54)35(58)40(61-21)65-37-32(55)30(53)24(19-49)62-41(37)66-38-34(57)33(56)36(39(59)60)64-42(38)63-28-12-13-45(5)25(46(28,6)20-50)11-14-48(8)26(45)10-9-22-23-17-43(2,3)18-27(51)44(23,4)15-16-47(22,48)7/h9,21,23-38,40-42,49-58H,10-20H2,1-8H3,(H,59,60)/t21?,23?,24?,25?,26?,27-,28+,29+,30+,31+,32-,33+,34-,35?,36?,37?,38?,40+,41+,42-,44-,45+,46-,47-,48-/m1/s1. The molecular weight excluding hydrogens is 865 g/mol. The number of ether oxygens (including phenoxy) is 6. The van der Waals surface area contributed by atoms with Crippen molar-refractivity contribution in [3.05, 3.63) is 11.6 Å². The number of carboxylic acid groups (broad SMARTS) is 1. The van der Waals surface area contributed by atoms with Crippen LogP contribution in [0.3, 0.4) is 0 Å². The third-order valence-corrected chi connectivity index (χ3v) is 19.5. The van der Waals surface area contributed by atoms with Gasteiger partial charge >= 0.3 is 5.97 Å². The second-order valence-electron chi connectivity index (χ2n) is 23.6. The number of carboxylic acids is 1. The van der Waals surface area contributed by atoms with Crippen molar-refractivity contribution in [2.75, 3.05) is 13.2 Å². The summed E-state index contributed by atoms with van der Waals surface area (Å²) in [6, 6.07) is 0. The van der Waals surface area contributed by atoms with Crippen LogP contribution in [0.1, 0.15) is 113 Å². The maximum atomic E-state index is 12.5. The number of aliphatic carboxylic acids is 1. The first-order valence-corrected chi connectivity index (χ1v) is 24.3. The molecule has 0 aromatic carbocycles. The SMILES string of the molecule is CC1O[C@@H](OC2[C@H](OC3[C@H](O[C@H]4CC[C@@]5(C)C(CC[C@]6(C)C5CC=C5C7CC(C)(C)C[C@@H](O)[C@]7(C)CC[C@]56C)[C@@]4(C)CO)OC(C(=O)O)[C@@H](O)[C@H]3O)OC(CO)[C@H](O)[C@H]2O)C(O)[C@@H](O)[C@H]1O. The van der Waals surface area contributed by atoms with Crippen LogP contribution < -0.4 is 0 Å².